The smallest absolute Gasteiger partial charge is 0.253 e. The summed E-state index contributed by atoms with van der Waals surface area (Å²) in [5, 5.41) is 4.80. The second-order valence-corrected chi connectivity index (χ2v) is 6.83. The van der Waals surface area contributed by atoms with Gasteiger partial charge in [0, 0.05) is 23.0 Å². The van der Waals surface area contributed by atoms with Crippen LogP contribution in [0.2, 0.25) is 0 Å². The highest BCUT2D eigenvalue weighted by Gasteiger charge is 2.25. The molecule has 1 N–H and O–H groups in total. The standard InChI is InChI=1S/C21H17FN2O2/c22-15-4-7-19-14(10-15)11-17(26-19)12-24-9-8-13-2-1-3-18(20(13)24)21(25)23-16-5-6-16/h1-4,7-11,16H,5-6,12H2,(H,23,25). The van der Waals surface area contributed by atoms with Gasteiger partial charge in [-0.25, -0.2) is 4.39 Å². The quantitative estimate of drug-likeness (QED) is 0.592. The summed E-state index contributed by atoms with van der Waals surface area (Å²) >= 11 is 0. The number of hydrogen-bond acceptors (Lipinski definition) is 2. The van der Waals surface area contributed by atoms with Crippen molar-refractivity contribution in [2.75, 3.05) is 0 Å². The first-order valence-electron chi connectivity index (χ1n) is 8.74. The second kappa shape index (κ2) is 5.73. The predicted octanol–water partition coefficient (Wildman–Crippen LogP) is 4.47. The number of amides is 1. The minimum Gasteiger partial charge on any atom is -0.459 e. The Kier molecular flexibility index (Phi) is 3.35. The molecule has 1 saturated carbocycles. The number of nitrogens with one attached hydrogen (secondary N) is 1. The van der Waals surface area contributed by atoms with E-state index in [-0.39, 0.29) is 11.7 Å². The van der Waals surface area contributed by atoms with Crippen molar-refractivity contribution in [2.45, 2.75) is 25.4 Å². The van der Waals surface area contributed by atoms with E-state index in [4.69, 9.17) is 4.42 Å². The number of hydrogen-bond donors (Lipinski definition) is 1. The van der Waals surface area contributed by atoms with Gasteiger partial charge in [0.15, 0.2) is 0 Å². The lowest BCUT2D eigenvalue weighted by Gasteiger charge is -2.09. The highest BCUT2D eigenvalue weighted by molar-refractivity contribution is 6.06. The second-order valence-electron chi connectivity index (χ2n) is 6.83. The Hall–Kier alpha value is -3.08. The van der Waals surface area contributed by atoms with Crippen molar-refractivity contribution < 1.29 is 13.6 Å². The number of carbonyl (C=O) groups excluding carboxylic acids is 1. The molecule has 0 saturated heterocycles. The lowest BCUT2D eigenvalue weighted by Crippen LogP contribution is -2.26. The van der Waals surface area contributed by atoms with Crippen LogP contribution in [-0.4, -0.2) is 16.5 Å². The van der Waals surface area contributed by atoms with Gasteiger partial charge in [-0.15, -0.1) is 0 Å². The van der Waals surface area contributed by atoms with Crippen molar-refractivity contribution in [3.8, 4) is 0 Å². The fraction of sp³-hybridized carbons (Fsp3) is 0.190. The summed E-state index contributed by atoms with van der Waals surface area (Å²) in [6.07, 6.45) is 4.06. The van der Waals surface area contributed by atoms with Crippen LogP contribution in [-0.2, 0) is 6.54 Å². The molecule has 5 heteroatoms. The number of fused-ring (bicyclic) bond motifs is 2. The maximum Gasteiger partial charge on any atom is 0.253 e. The van der Waals surface area contributed by atoms with Crippen LogP contribution in [0, 0.1) is 5.82 Å². The van der Waals surface area contributed by atoms with Gasteiger partial charge < -0.3 is 14.3 Å². The molecule has 1 aliphatic carbocycles. The van der Waals surface area contributed by atoms with Crippen LogP contribution in [0.25, 0.3) is 21.9 Å². The molecule has 0 spiro atoms. The van der Waals surface area contributed by atoms with Crippen molar-refractivity contribution in [1.29, 1.82) is 0 Å². The zero-order chi connectivity index (χ0) is 17.7. The fourth-order valence-electron chi connectivity index (χ4n) is 3.38. The average molecular weight is 348 g/mol. The van der Waals surface area contributed by atoms with Crippen LogP contribution in [0.4, 0.5) is 4.39 Å². The molecule has 1 aliphatic rings. The van der Waals surface area contributed by atoms with E-state index in [0.717, 1.165) is 34.9 Å². The van der Waals surface area contributed by atoms with Crippen LogP contribution in [0.3, 0.4) is 0 Å². The molecule has 26 heavy (non-hydrogen) atoms. The van der Waals surface area contributed by atoms with E-state index < -0.39 is 0 Å². The number of para-hydroxylation sites is 1. The van der Waals surface area contributed by atoms with Gasteiger partial charge in [0.25, 0.3) is 5.91 Å². The summed E-state index contributed by atoms with van der Waals surface area (Å²) in [5.41, 5.74) is 2.21. The van der Waals surface area contributed by atoms with E-state index in [9.17, 15) is 9.18 Å². The molecule has 0 bridgehead atoms. The Balaban J connectivity index is 1.54. The normalized spacial score (nSPS) is 14.2. The van der Waals surface area contributed by atoms with E-state index in [1.807, 2.05) is 41.1 Å². The number of rotatable bonds is 4. The van der Waals surface area contributed by atoms with Gasteiger partial charge in [0.1, 0.15) is 17.2 Å². The van der Waals surface area contributed by atoms with Crippen LogP contribution in [0.1, 0.15) is 29.0 Å². The molecule has 0 radical (unpaired) electrons. The fourth-order valence-corrected chi connectivity index (χ4v) is 3.38. The topological polar surface area (TPSA) is 47.2 Å². The summed E-state index contributed by atoms with van der Waals surface area (Å²) in [6, 6.07) is 14.4. The maximum absolute atomic E-state index is 13.4. The van der Waals surface area contributed by atoms with Crippen LogP contribution >= 0.6 is 0 Å². The molecule has 2 aromatic carbocycles. The number of aromatic nitrogens is 1. The summed E-state index contributed by atoms with van der Waals surface area (Å²) in [5.74, 6) is 0.403. The molecule has 1 amide bonds. The van der Waals surface area contributed by atoms with Gasteiger partial charge >= 0.3 is 0 Å². The van der Waals surface area contributed by atoms with E-state index >= 15 is 0 Å². The summed E-state index contributed by atoms with van der Waals surface area (Å²) in [6.45, 7) is 0.480. The number of furan rings is 1. The number of nitrogens with zero attached hydrogens (tertiary/aromatic N) is 1. The van der Waals surface area contributed by atoms with E-state index in [0.29, 0.717) is 23.7 Å². The van der Waals surface area contributed by atoms with Gasteiger partial charge in [0.05, 0.1) is 17.6 Å². The van der Waals surface area contributed by atoms with Gasteiger partial charge in [-0.3, -0.25) is 4.79 Å². The molecule has 2 aromatic heterocycles. The van der Waals surface area contributed by atoms with Crippen molar-refractivity contribution >= 4 is 27.8 Å². The lowest BCUT2D eigenvalue weighted by molar-refractivity contribution is 0.0952. The summed E-state index contributed by atoms with van der Waals surface area (Å²) < 4.78 is 21.2. The molecular formula is C21H17FN2O2. The molecule has 0 atom stereocenters. The lowest BCUT2D eigenvalue weighted by atomic mass is 10.1. The molecule has 130 valence electrons. The Labute approximate surface area is 149 Å². The van der Waals surface area contributed by atoms with Gasteiger partial charge in [0.2, 0.25) is 0 Å². The Bertz CT molecular complexity index is 1140. The minimum absolute atomic E-state index is 0.0373. The molecule has 0 aliphatic heterocycles. The molecule has 1 fully saturated rings. The van der Waals surface area contributed by atoms with Gasteiger partial charge in [-0.05, 0) is 49.2 Å². The van der Waals surface area contributed by atoms with E-state index in [1.54, 1.807) is 6.07 Å². The largest absolute Gasteiger partial charge is 0.459 e. The number of benzene rings is 2. The molecular weight excluding hydrogens is 331 g/mol. The van der Waals surface area contributed by atoms with E-state index in [2.05, 4.69) is 5.32 Å². The molecule has 5 rings (SSSR count). The first-order valence-corrected chi connectivity index (χ1v) is 8.74. The van der Waals surface area contributed by atoms with Crippen LogP contribution in [0.5, 0.6) is 0 Å². The summed E-state index contributed by atoms with van der Waals surface area (Å²) in [7, 11) is 0. The highest BCUT2D eigenvalue weighted by Crippen LogP contribution is 2.26. The van der Waals surface area contributed by atoms with Gasteiger partial charge in [-0.1, -0.05) is 12.1 Å². The molecule has 4 nitrogen and oxygen atoms in total. The highest BCUT2D eigenvalue weighted by atomic mass is 19.1. The zero-order valence-corrected chi connectivity index (χ0v) is 14.0. The first-order chi connectivity index (χ1) is 12.7. The van der Waals surface area contributed by atoms with Crippen LogP contribution < -0.4 is 5.32 Å². The Morgan fingerprint density at radius 1 is 1.15 bits per heavy atom. The average Bonchev–Trinajstić information content (AvgIpc) is 3.21. The Morgan fingerprint density at radius 3 is 2.88 bits per heavy atom. The maximum atomic E-state index is 13.4. The molecule has 0 unspecified atom stereocenters. The van der Waals surface area contributed by atoms with Crippen molar-refractivity contribution in [2.24, 2.45) is 0 Å². The van der Waals surface area contributed by atoms with E-state index in [1.165, 1.54) is 12.1 Å². The van der Waals surface area contributed by atoms with Crippen molar-refractivity contribution in [3.63, 3.8) is 0 Å². The number of halogens is 1. The Morgan fingerprint density at radius 2 is 2.04 bits per heavy atom. The van der Waals surface area contributed by atoms with Crippen LogP contribution in [0.15, 0.2) is 59.1 Å². The zero-order valence-electron chi connectivity index (χ0n) is 14.0. The van der Waals surface area contributed by atoms with Crippen molar-refractivity contribution in [1.82, 2.24) is 9.88 Å². The third-order valence-corrected chi connectivity index (χ3v) is 4.80. The predicted molar refractivity (Wildman–Crippen MR) is 97.7 cm³/mol. The number of carbonyl (C=O) groups is 1. The first kappa shape index (κ1) is 15.2. The van der Waals surface area contributed by atoms with Gasteiger partial charge in [-0.2, -0.15) is 0 Å². The van der Waals surface area contributed by atoms with Crippen molar-refractivity contribution in [3.05, 3.63) is 71.9 Å². The summed E-state index contributed by atoms with van der Waals surface area (Å²) in [4.78, 5) is 12.6. The minimum atomic E-state index is -0.282. The monoisotopic (exact) mass is 348 g/mol. The third-order valence-electron chi connectivity index (χ3n) is 4.80. The molecule has 4 aromatic rings. The molecule has 2 heterocycles. The third kappa shape index (κ3) is 2.65. The SMILES string of the molecule is O=C(NC1CC1)c1cccc2ccn(Cc3cc4cc(F)ccc4o3)c12.